The van der Waals surface area contributed by atoms with Crippen molar-refractivity contribution in [1.29, 1.82) is 0 Å². The summed E-state index contributed by atoms with van der Waals surface area (Å²) in [5, 5.41) is 3.87. The number of rotatable bonds is 14. The van der Waals surface area contributed by atoms with E-state index in [-0.39, 0.29) is 12.9 Å². The SMILES string of the molecule is C=CN=C(Nc1c(Cl)ccc2c1OCO2)c1c(C)cc(OCCCCCN(C)CCC)cc1OC1CCOCC1. The summed E-state index contributed by atoms with van der Waals surface area (Å²) in [6.45, 7) is 12.5. The summed E-state index contributed by atoms with van der Waals surface area (Å²) in [6.07, 6.45) is 7.66. The van der Waals surface area contributed by atoms with E-state index in [1.54, 1.807) is 12.1 Å². The second kappa shape index (κ2) is 15.2. The first-order chi connectivity index (χ1) is 19.5. The molecule has 218 valence electrons. The van der Waals surface area contributed by atoms with Crippen LogP contribution in [-0.4, -0.2) is 63.6 Å². The molecule has 0 radical (unpaired) electrons. The van der Waals surface area contributed by atoms with E-state index in [0.717, 1.165) is 55.6 Å². The summed E-state index contributed by atoms with van der Waals surface area (Å²) in [7, 11) is 2.18. The Morgan fingerprint density at radius 3 is 2.77 bits per heavy atom. The number of hydrogen-bond acceptors (Lipinski definition) is 7. The fraction of sp³-hybridized carbons (Fsp3) is 0.516. The van der Waals surface area contributed by atoms with E-state index in [1.807, 2.05) is 19.1 Å². The number of unbranched alkanes of at least 4 members (excludes halogenated alkanes) is 2. The van der Waals surface area contributed by atoms with Gasteiger partial charge in [-0.1, -0.05) is 25.1 Å². The molecular weight excluding hydrogens is 530 g/mol. The van der Waals surface area contributed by atoms with Crippen molar-refractivity contribution in [1.82, 2.24) is 4.90 Å². The zero-order valence-electron chi connectivity index (χ0n) is 24.0. The number of halogens is 1. The second-order valence-corrected chi connectivity index (χ2v) is 10.6. The number of fused-ring (bicyclic) bond motifs is 1. The molecule has 2 aliphatic heterocycles. The lowest BCUT2D eigenvalue weighted by Crippen LogP contribution is -2.27. The van der Waals surface area contributed by atoms with Crippen LogP contribution in [0.3, 0.4) is 0 Å². The van der Waals surface area contributed by atoms with Crippen molar-refractivity contribution in [2.45, 2.75) is 58.5 Å². The topological polar surface area (TPSA) is 73.8 Å². The van der Waals surface area contributed by atoms with Gasteiger partial charge in [0, 0.05) is 25.1 Å². The van der Waals surface area contributed by atoms with Gasteiger partial charge in [0.25, 0.3) is 0 Å². The standard InChI is InChI=1S/C31H42ClN3O5/c1-5-14-35(4)15-8-7-9-16-37-24-19-22(3)28(27(20-24)40-23-12-17-36-18-13-23)31(33-6-2)34-29-25(32)10-11-26-30(29)39-21-38-26/h6,10-11,19-20,23H,2,5,7-9,12-18,21H2,1,3-4H3,(H,33,34). The number of ether oxygens (including phenoxy) is 5. The lowest BCUT2D eigenvalue weighted by Gasteiger charge is -2.26. The molecule has 2 aromatic rings. The molecule has 4 rings (SSSR count). The van der Waals surface area contributed by atoms with Gasteiger partial charge < -0.3 is 33.9 Å². The maximum Gasteiger partial charge on any atom is 0.231 e. The van der Waals surface area contributed by atoms with Crippen LogP contribution in [0.4, 0.5) is 5.69 Å². The van der Waals surface area contributed by atoms with Crippen LogP contribution in [0.15, 0.2) is 42.0 Å². The highest BCUT2D eigenvalue weighted by molar-refractivity contribution is 6.34. The van der Waals surface area contributed by atoms with Crippen LogP contribution in [0.5, 0.6) is 23.0 Å². The highest BCUT2D eigenvalue weighted by atomic mass is 35.5. The largest absolute Gasteiger partial charge is 0.493 e. The molecule has 40 heavy (non-hydrogen) atoms. The van der Waals surface area contributed by atoms with Crippen LogP contribution in [0, 0.1) is 6.92 Å². The van der Waals surface area contributed by atoms with Gasteiger partial charge in [0.05, 0.1) is 30.4 Å². The molecule has 1 saturated heterocycles. The molecule has 0 saturated carbocycles. The van der Waals surface area contributed by atoms with Crippen LogP contribution < -0.4 is 24.3 Å². The Hall–Kier alpha value is -2.94. The van der Waals surface area contributed by atoms with Crippen molar-refractivity contribution in [3.63, 3.8) is 0 Å². The van der Waals surface area contributed by atoms with Crippen molar-refractivity contribution in [3.05, 3.63) is 53.2 Å². The van der Waals surface area contributed by atoms with Gasteiger partial charge in [-0.3, -0.25) is 0 Å². The Balaban J connectivity index is 1.54. The number of hydrogen-bond donors (Lipinski definition) is 1. The molecule has 2 aliphatic rings. The quantitative estimate of drug-likeness (QED) is 0.151. The molecule has 1 fully saturated rings. The average Bonchev–Trinajstić information content (AvgIpc) is 3.42. The predicted molar refractivity (Wildman–Crippen MR) is 161 cm³/mol. The normalized spacial score (nSPS) is 15.4. The molecule has 0 bridgehead atoms. The van der Waals surface area contributed by atoms with Gasteiger partial charge in [0.1, 0.15) is 29.1 Å². The molecule has 2 aromatic carbocycles. The third kappa shape index (κ3) is 8.05. The average molecular weight is 572 g/mol. The van der Waals surface area contributed by atoms with E-state index in [1.165, 1.54) is 19.0 Å². The Labute approximate surface area is 243 Å². The van der Waals surface area contributed by atoms with Gasteiger partial charge in [-0.15, -0.1) is 0 Å². The number of nitrogens with one attached hydrogen (secondary N) is 1. The zero-order valence-corrected chi connectivity index (χ0v) is 24.7. The molecule has 0 unspecified atom stereocenters. The zero-order chi connectivity index (χ0) is 28.3. The van der Waals surface area contributed by atoms with E-state index in [4.69, 9.17) is 35.3 Å². The fourth-order valence-corrected chi connectivity index (χ4v) is 5.15. The van der Waals surface area contributed by atoms with Crippen LogP contribution in [0.1, 0.15) is 56.6 Å². The van der Waals surface area contributed by atoms with Gasteiger partial charge in [0.15, 0.2) is 11.5 Å². The monoisotopic (exact) mass is 571 g/mol. The lowest BCUT2D eigenvalue weighted by molar-refractivity contribution is 0.0254. The number of aliphatic imine (C=N–C) groups is 1. The molecule has 0 atom stereocenters. The van der Waals surface area contributed by atoms with Crippen LogP contribution in [0.25, 0.3) is 0 Å². The molecule has 0 aromatic heterocycles. The maximum atomic E-state index is 6.58. The van der Waals surface area contributed by atoms with Crippen molar-refractivity contribution in [2.75, 3.05) is 52.1 Å². The second-order valence-electron chi connectivity index (χ2n) is 10.2. The van der Waals surface area contributed by atoms with E-state index in [0.29, 0.717) is 53.6 Å². The smallest absolute Gasteiger partial charge is 0.231 e. The molecule has 9 heteroatoms. The summed E-state index contributed by atoms with van der Waals surface area (Å²) in [6, 6.07) is 7.55. The highest BCUT2D eigenvalue weighted by Crippen LogP contribution is 2.44. The third-order valence-electron chi connectivity index (χ3n) is 6.98. The van der Waals surface area contributed by atoms with Crippen molar-refractivity contribution >= 4 is 23.1 Å². The van der Waals surface area contributed by atoms with Gasteiger partial charge in [-0.2, -0.15) is 0 Å². The molecule has 0 spiro atoms. The Bertz CT molecular complexity index is 1170. The number of benzene rings is 2. The van der Waals surface area contributed by atoms with E-state index < -0.39 is 0 Å². The summed E-state index contributed by atoms with van der Waals surface area (Å²) in [4.78, 5) is 6.97. The van der Waals surface area contributed by atoms with Crippen molar-refractivity contribution in [2.24, 2.45) is 4.99 Å². The first kappa shape index (κ1) is 30.0. The molecule has 0 aliphatic carbocycles. The summed E-state index contributed by atoms with van der Waals surface area (Å²) in [5.41, 5.74) is 2.35. The molecule has 0 amide bonds. The summed E-state index contributed by atoms with van der Waals surface area (Å²) < 4.78 is 29.6. The number of amidine groups is 1. The molecule has 2 heterocycles. The van der Waals surface area contributed by atoms with E-state index in [9.17, 15) is 0 Å². The molecular formula is C31H42ClN3O5. The van der Waals surface area contributed by atoms with Gasteiger partial charge in [-0.25, -0.2) is 4.99 Å². The minimum Gasteiger partial charge on any atom is -0.493 e. The van der Waals surface area contributed by atoms with E-state index >= 15 is 0 Å². The van der Waals surface area contributed by atoms with Crippen molar-refractivity contribution in [3.8, 4) is 23.0 Å². The van der Waals surface area contributed by atoms with Gasteiger partial charge in [-0.05, 0) is 76.5 Å². The number of aryl methyl sites for hydroxylation is 1. The van der Waals surface area contributed by atoms with Gasteiger partial charge >= 0.3 is 0 Å². The first-order valence-corrected chi connectivity index (χ1v) is 14.6. The van der Waals surface area contributed by atoms with Gasteiger partial charge in [0.2, 0.25) is 6.79 Å². The summed E-state index contributed by atoms with van der Waals surface area (Å²) >= 11 is 6.58. The third-order valence-corrected chi connectivity index (χ3v) is 7.30. The number of nitrogens with zero attached hydrogens (tertiary/aromatic N) is 2. The van der Waals surface area contributed by atoms with Crippen LogP contribution in [-0.2, 0) is 4.74 Å². The minimum atomic E-state index is 0.0357. The molecule has 8 nitrogen and oxygen atoms in total. The predicted octanol–water partition coefficient (Wildman–Crippen LogP) is 6.83. The Morgan fingerprint density at radius 2 is 2.00 bits per heavy atom. The van der Waals surface area contributed by atoms with Crippen molar-refractivity contribution < 1.29 is 23.7 Å². The summed E-state index contributed by atoms with van der Waals surface area (Å²) in [5.74, 6) is 3.19. The van der Waals surface area contributed by atoms with E-state index in [2.05, 4.69) is 35.8 Å². The van der Waals surface area contributed by atoms with Crippen LogP contribution >= 0.6 is 11.6 Å². The molecule has 1 N–H and O–H groups in total. The Kier molecular flexibility index (Phi) is 11.4. The van der Waals surface area contributed by atoms with Crippen LogP contribution in [0.2, 0.25) is 5.02 Å². The minimum absolute atomic E-state index is 0.0357. The highest BCUT2D eigenvalue weighted by Gasteiger charge is 2.25. The maximum absolute atomic E-state index is 6.58. The first-order valence-electron chi connectivity index (χ1n) is 14.2. The number of anilines is 1. The lowest BCUT2D eigenvalue weighted by atomic mass is 10.0. The Morgan fingerprint density at radius 1 is 1.18 bits per heavy atom. The fourth-order valence-electron chi connectivity index (χ4n) is 4.95.